The molecule has 1 aliphatic rings. The maximum atomic E-state index is 4.71. The molecular weight excluding hydrogens is 358 g/mol. The van der Waals surface area contributed by atoms with Crippen molar-refractivity contribution < 1.29 is 0 Å². The number of nitrogens with one attached hydrogen (secondary N) is 1. The highest BCUT2D eigenvalue weighted by molar-refractivity contribution is 5.81. The topological polar surface area (TPSA) is 44.3 Å². The zero-order valence-corrected chi connectivity index (χ0v) is 17.3. The first-order chi connectivity index (χ1) is 14.3. The van der Waals surface area contributed by atoms with Gasteiger partial charge >= 0.3 is 0 Å². The third-order valence-corrected chi connectivity index (χ3v) is 5.80. The lowest BCUT2D eigenvalue weighted by molar-refractivity contribution is 0.135. The third kappa shape index (κ3) is 5.52. The van der Waals surface area contributed by atoms with Crippen molar-refractivity contribution in [2.45, 2.75) is 19.8 Å². The summed E-state index contributed by atoms with van der Waals surface area (Å²) in [4.78, 5) is 14.2. The van der Waals surface area contributed by atoms with Crippen molar-refractivity contribution in [2.24, 2.45) is 0 Å². The number of fused-ring (bicyclic) bond motifs is 1. The van der Waals surface area contributed by atoms with E-state index in [0.29, 0.717) is 0 Å². The lowest BCUT2D eigenvalue weighted by Crippen LogP contribution is -2.47. The van der Waals surface area contributed by atoms with Crippen LogP contribution in [0.1, 0.15) is 17.7 Å². The number of nitrogens with zero attached hydrogens (tertiary/aromatic N) is 4. The van der Waals surface area contributed by atoms with Crippen LogP contribution in [0.25, 0.3) is 10.9 Å². The Morgan fingerprint density at radius 3 is 2.45 bits per heavy atom. The van der Waals surface area contributed by atoms with Crippen molar-refractivity contribution in [3.05, 3.63) is 66.0 Å². The van der Waals surface area contributed by atoms with Gasteiger partial charge in [-0.3, -0.25) is 9.88 Å². The van der Waals surface area contributed by atoms with Gasteiger partial charge < -0.3 is 10.2 Å². The van der Waals surface area contributed by atoms with Crippen molar-refractivity contribution in [3.8, 4) is 0 Å². The van der Waals surface area contributed by atoms with E-state index in [-0.39, 0.29) is 0 Å². The average Bonchev–Trinajstić information content (AvgIpc) is 2.76. The predicted molar refractivity (Wildman–Crippen MR) is 120 cm³/mol. The van der Waals surface area contributed by atoms with E-state index in [1.54, 1.807) is 0 Å². The Morgan fingerprint density at radius 2 is 1.66 bits per heavy atom. The molecule has 0 radical (unpaired) electrons. The van der Waals surface area contributed by atoms with Crippen molar-refractivity contribution in [2.75, 3.05) is 51.1 Å². The molecule has 3 heterocycles. The van der Waals surface area contributed by atoms with Gasteiger partial charge in [-0.15, -0.1) is 0 Å². The van der Waals surface area contributed by atoms with Crippen molar-refractivity contribution >= 4 is 16.7 Å². The Balaban J connectivity index is 1.15. The van der Waals surface area contributed by atoms with Crippen LogP contribution in [-0.4, -0.2) is 65.6 Å². The average molecular weight is 390 g/mol. The van der Waals surface area contributed by atoms with Crippen molar-refractivity contribution in [1.29, 1.82) is 0 Å². The Morgan fingerprint density at radius 1 is 0.897 bits per heavy atom. The number of anilines is 1. The van der Waals surface area contributed by atoms with Crippen LogP contribution in [0.4, 0.5) is 5.82 Å². The highest BCUT2D eigenvalue weighted by atomic mass is 15.3. The molecule has 1 aliphatic heterocycles. The molecule has 4 rings (SSSR count). The van der Waals surface area contributed by atoms with Crippen LogP contribution in [0.2, 0.25) is 0 Å². The zero-order valence-electron chi connectivity index (χ0n) is 17.3. The first kappa shape index (κ1) is 19.8. The third-order valence-electron chi connectivity index (χ3n) is 5.80. The lowest BCUT2D eigenvalue weighted by atomic mass is 10.1. The Bertz CT molecular complexity index is 904. The van der Waals surface area contributed by atoms with E-state index in [1.807, 2.05) is 19.2 Å². The summed E-state index contributed by atoms with van der Waals surface area (Å²) in [6, 6.07) is 17.0. The highest BCUT2D eigenvalue weighted by Crippen LogP contribution is 2.16. The number of hydrogen-bond acceptors (Lipinski definition) is 5. The SMILES string of the molecule is Cc1nccc2nc(NCCN3CCN(CCCc4ccccc4)CC3)ccc12. The zero-order chi connectivity index (χ0) is 19.9. The first-order valence-corrected chi connectivity index (χ1v) is 10.7. The van der Waals surface area contributed by atoms with Gasteiger partial charge in [0.15, 0.2) is 0 Å². The van der Waals surface area contributed by atoms with Crippen molar-refractivity contribution in [1.82, 2.24) is 19.8 Å². The summed E-state index contributed by atoms with van der Waals surface area (Å²) in [5, 5.41) is 4.61. The molecule has 3 aromatic rings. The van der Waals surface area contributed by atoms with Crippen LogP contribution in [0, 0.1) is 6.92 Å². The number of hydrogen-bond donors (Lipinski definition) is 1. The van der Waals surface area contributed by atoms with Gasteiger partial charge in [0.2, 0.25) is 0 Å². The van der Waals surface area contributed by atoms with Gasteiger partial charge in [-0.2, -0.15) is 0 Å². The first-order valence-electron chi connectivity index (χ1n) is 10.7. The van der Waals surface area contributed by atoms with E-state index in [0.717, 1.165) is 48.6 Å². The molecule has 0 aliphatic carbocycles. The van der Waals surface area contributed by atoms with Crippen LogP contribution in [-0.2, 0) is 6.42 Å². The van der Waals surface area contributed by atoms with Crippen LogP contribution >= 0.6 is 0 Å². The molecule has 0 amide bonds. The van der Waals surface area contributed by atoms with Gasteiger partial charge in [-0.1, -0.05) is 30.3 Å². The molecule has 5 nitrogen and oxygen atoms in total. The Kier molecular flexibility index (Phi) is 6.70. The molecule has 29 heavy (non-hydrogen) atoms. The Hall–Kier alpha value is -2.50. The van der Waals surface area contributed by atoms with E-state index in [1.165, 1.54) is 38.0 Å². The number of benzene rings is 1. The molecule has 0 atom stereocenters. The summed E-state index contributed by atoms with van der Waals surface area (Å²) < 4.78 is 0. The summed E-state index contributed by atoms with van der Waals surface area (Å²) in [5.74, 6) is 0.947. The van der Waals surface area contributed by atoms with Gasteiger partial charge in [-0.25, -0.2) is 4.98 Å². The van der Waals surface area contributed by atoms with Gasteiger partial charge in [0.05, 0.1) is 5.52 Å². The summed E-state index contributed by atoms with van der Waals surface area (Å²) in [7, 11) is 0. The second-order valence-corrected chi connectivity index (χ2v) is 7.86. The van der Waals surface area contributed by atoms with E-state index < -0.39 is 0 Å². The number of pyridine rings is 2. The van der Waals surface area contributed by atoms with Gasteiger partial charge in [-0.05, 0) is 50.1 Å². The highest BCUT2D eigenvalue weighted by Gasteiger charge is 2.16. The molecule has 0 bridgehead atoms. The molecule has 5 heteroatoms. The second kappa shape index (κ2) is 9.81. The number of aryl methyl sites for hydroxylation is 2. The minimum atomic E-state index is 0.927. The number of piperazine rings is 1. The molecule has 0 saturated carbocycles. The molecular formula is C24H31N5. The largest absolute Gasteiger partial charge is 0.369 e. The van der Waals surface area contributed by atoms with Crippen molar-refractivity contribution in [3.63, 3.8) is 0 Å². The van der Waals surface area contributed by atoms with Crippen LogP contribution in [0.3, 0.4) is 0 Å². The molecule has 2 aromatic heterocycles. The Labute approximate surface area is 173 Å². The van der Waals surface area contributed by atoms with E-state index in [4.69, 9.17) is 4.98 Å². The molecule has 0 spiro atoms. The van der Waals surface area contributed by atoms with Crippen LogP contribution < -0.4 is 5.32 Å². The normalized spacial score (nSPS) is 15.6. The fourth-order valence-corrected chi connectivity index (χ4v) is 4.03. The van der Waals surface area contributed by atoms with Gasteiger partial charge in [0.1, 0.15) is 5.82 Å². The predicted octanol–water partition coefficient (Wildman–Crippen LogP) is 3.60. The fraction of sp³-hybridized carbons (Fsp3) is 0.417. The van der Waals surface area contributed by atoms with Crippen LogP contribution in [0.15, 0.2) is 54.7 Å². The number of rotatable bonds is 8. The van der Waals surface area contributed by atoms with Crippen LogP contribution in [0.5, 0.6) is 0 Å². The molecule has 152 valence electrons. The minimum Gasteiger partial charge on any atom is -0.369 e. The quantitative estimate of drug-likeness (QED) is 0.638. The summed E-state index contributed by atoms with van der Waals surface area (Å²) in [6.45, 7) is 9.88. The van der Waals surface area contributed by atoms with E-state index in [2.05, 4.69) is 62.6 Å². The van der Waals surface area contributed by atoms with Gasteiger partial charge in [0.25, 0.3) is 0 Å². The smallest absolute Gasteiger partial charge is 0.126 e. The summed E-state index contributed by atoms with van der Waals surface area (Å²) >= 11 is 0. The maximum Gasteiger partial charge on any atom is 0.126 e. The molecule has 1 saturated heterocycles. The standard InChI is InChI=1S/C24H31N5/c1-20-22-9-10-24(27-23(22)11-12-25-20)26-13-15-29-18-16-28(17-19-29)14-5-8-21-6-3-2-4-7-21/h2-4,6-7,9-12H,5,8,13-19H2,1H3,(H,26,27). The molecule has 1 aromatic carbocycles. The molecule has 0 unspecified atom stereocenters. The number of aromatic nitrogens is 2. The minimum absolute atomic E-state index is 0.927. The fourth-order valence-electron chi connectivity index (χ4n) is 4.03. The lowest BCUT2D eigenvalue weighted by Gasteiger charge is -2.34. The summed E-state index contributed by atoms with van der Waals surface area (Å²) in [5.41, 5.74) is 3.49. The summed E-state index contributed by atoms with van der Waals surface area (Å²) in [6.07, 6.45) is 4.25. The van der Waals surface area contributed by atoms with E-state index in [9.17, 15) is 0 Å². The molecule has 1 N–H and O–H groups in total. The van der Waals surface area contributed by atoms with E-state index >= 15 is 0 Å². The molecule has 1 fully saturated rings. The monoisotopic (exact) mass is 389 g/mol. The maximum absolute atomic E-state index is 4.71. The second-order valence-electron chi connectivity index (χ2n) is 7.86. The van der Waals surface area contributed by atoms with Gasteiger partial charge in [0, 0.05) is 56.5 Å².